The first-order chi connectivity index (χ1) is 47.8. The lowest BCUT2D eigenvalue weighted by atomic mass is 9.79. The summed E-state index contributed by atoms with van der Waals surface area (Å²) in [7, 11) is 0. The van der Waals surface area contributed by atoms with Crippen LogP contribution in [0.15, 0.2) is 42.5 Å². The van der Waals surface area contributed by atoms with Gasteiger partial charge in [0.05, 0.1) is 38.3 Å². The molecule has 1 aliphatic heterocycles. The minimum absolute atomic E-state index is 0.000498. The van der Waals surface area contributed by atoms with Crippen molar-refractivity contribution in [1.82, 2.24) is 46.2 Å². The molecule has 1 aliphatic carbocycles. The number of nitrogens with one attached hydrogen (secondary N) is 5. The fourth-order valence-electron chi connectivity index (χ4n) is 12.2. The number of nitrogens with zero attached hydrogens (tertiary/aromatic N) is 4. The number of amides is 5. The van der Waals surface area contributed by atoms with Crippen LogP contribution in [-0.4, -0.2) is 270 Å². The van der Waals surface area contributed by atoms with Crippen LogP contribution in [0.3, 0.4) is 0 Å². The standard InChI is InChI=1S/C67H95N9O25/c77-48(37-73-25-27-74(38-59(88)89)29-31-76(40-61(92)93)32-30-75(28-26-73)39-60(90)91)16-11-41-8-13-44(14-9-41)63(95)69-49(17-21-56(82)83)53(78)35-46(15-20-55(80)81)64(96)70-50(18-22-57(84)85)54(79)36-47(34-42-10-12-43-5-1-2-6-45(43)33-42)62(94)68-24-4-3-7-51(65(97)98)71-67(101)72-52(66(99)100)19-23-58(86)87/h1-2,5-6,10,12,33,41,44,46-47,49-52H,3-4,7-9,11,13-32,34-40H2,(H,68,94)(H,69,95)(H,70,96)(H,80,81)(H,82,83)(H,84,85)(H,86,87)(H,88,89)(H,90,91)(H,92,93)(H,97,98)(H,99,100)(H2,71,72,101)/t41?,44?,46-,47-,49+,50+,51+,52+/m1/s1. The number of Topliss-reactive ketones (excluding diaryl/α,β-unsaturated/α-hetero) is 3. The van der Waals surface area contributed by atoms with E-state index in [0.717, 1.165) is 10.8 Å². The molecule has 1 saturated carbocycles. The van der Waals surface area contributed by atoms with Gasteiger partial charge in [-0.1, -0.05) is 42.5 Å². The lowest BCUT2D eigenvalue weighted by Crippen LogP contribution is -2.51. The summed E-state index contributed by atoms with van der Waals surface area (Å²) in [5.41, 5.74) is 0.593. The van der Waals surface area contributed by atoms with E-state index >= 15 is 0 Å². The van der Waals surface area contributed by atoms with Crippen LogP contribution in [0.5, 0.6) is 0 Å². The van der Waals surface area contributed by atoms with Crippen molar-refractivity contribution in [3.63, 3.8) is 0 Å². The first-order valence-corrected chi connectivity index (χ1v) is 33.7. The van der Waals surface area contributed by atoms with Crippen molar-refractivity contribution in [3.8, 4) is 0 Å². The first-order valence-electron chi connectivity index (χ1n) is 33.7. The van der Waals surface area contributed by atoms with E-state index in [1.54, 1.807) is 39.0 Å². The SMILES string of the molecule is O=C(O)CC[C@H](CC(=O)[C@H](CCC(=O)O)NC(=O)C1CCC(CCC(=O)CN2CCN(CC(=O)O)CCN(CC(=O)O)CCN(CC(=O)O)CC2)CC1)C(=O)N[C@@H](CCC(=O)O)C(=O)C[C@@H](Cc1ccc2ccccc2c1)C(=O)NCCCC[C@H](NC(=O)N[C@@H](CCC(=O)O)C(=O)O)C(=O)O. The second kappa shape index (κ2) is 43.9. The molecule has 0 aromatic heterocycles. The fraction of sp³-hybridized carbons (Fsp3) is 0.612. The molecule has 558 valence electrons. The predicted octanol–water partition coefficient (Wildman–Crippen LogP) is 1.09. The van der Waals surface area contributed by atoms with Crippen LogP contribution in [0.1, 0.15) is 128 Å². The molecule has 5 amide bonds. The van der Waals surface area contributed by atoms with Gasteiger partial charge in [0.2, 0.25) is 17.7 Å². The number of rotatable bonds is 45. The number of fused-ring (bicyclic) bond motifs is 1. The highest BCUT2D eigenvalue weighted by molar-refractivity contribution is 5.96. The van der Waals surface area contributed by atoms with Crippen LogP contribution in [0.2, 0.25) is 0 Å². The molecule has 101 heavy (non-hydrogen) atoms. The number of ketones is 3. The van der Waals surface area contributed by atoms with E-state index in [4.69, 9.17) is 5.11 Å². The lowest BCUT2D eigenvalue weighted by Gasteiger charge is -2.33. The number of carboxylic acids is 9. The number of carbonyl (C=O) groups is 16. The molecule has 4 rings (SSSR count). The smallest absolute Gasteiger partial charge is 0.326 e. The highest BCUT2D eigenvalue weighted by atomic mass is 16.4. The van der Waals surface area contributed by atoms with E-state index in [1.165, 1.54) is 0 Å². The molecule has 1 heterocycles. The van der Waals surface area contributed by atoms with Gasteiger partial charge in [0.25, 0.3) is 0 Å². The molecule has 2 fully saturated rings. The van der Waals surface area contributed by atoms with Gasteiger partial charge in [0, 0.05) is 122 Å². The molecule has 34 nitrogen and oxygen atoms in total. The average molecular weight is 1430 g/mol. The summed E-state index contributed by atoms with van der Waals surface area (Å²) in [5.74, 6) is -19.2. The monoisotopic (exact) mass is 1430 g/mol. The number of carbonyl (C=O) groups excluding carboxylic acids is 7. The van der Waals surface area contributed by atoms with Crippen molar-refractivity contribution in [2.75, 3.05) is 85.1 Å². The number of hydrogen-bond acceptors (Lipinski definition) is 20. The van der Waals surface area contributed by atoms with Crippen molar-refractivity contribution >= 4 is 106 Å². The topological polar surface area (TPSA) is 528 Å². The van der Waals surface area contributed by atoms with Crippen molar-refractivity contribution < 1.29 is 123 Å². The zero-order valence-electron chi connectivity index (χ0n) is 56.3. The molecule has 14 N–H and O–H groups in total. The van der Waals surface area contributed by atoms with E-state index < -0.39 is 195 Å². The van der Waals surface area contributed by atoms with Gasteiger partial charge in [0.1, 0.15) is 17.9 Å². The number of unbranched alkanes of at least 4 members (excludes halogenated alkanes) is 1. The summed E-state index contributed by atoms with van der Waals surface area (Å²) in [4.78, 5) is 209. The van der Waals surface area contributed by atoms with E-state index in [0.29, 0.717) is 37.7 Å². The zero-order chi connectivity index (χ0) is 74.7. The lowest BCUT2D eigenvalue weighted by molar-refractivity contribution is -0.141. The molecule has 0 unspecified atom stereocenters. The van der Waals surface area contributed by atoms with Crippen molar-refractivity contribution in [3.05, 3.63) is 48.0 Å². The molecule has 2 aromatic rings. The summed E-state index contributed by atoms with van der Waals surface area (Å²) in [5, 5.41) is 99.5. The second-order valence-electron chi connectivity index (χ2n) is 25.7. The Labute approximate surface area is 581 Å². The maximum Gasteiger partial charge on any atom is 0.326 e. The Kier molecular flexibility index (Phi) is 36.4. The average Bonchev–Trinajstić information content (AvgIpc) is 0.834. The summed E-state index contributed by atoms with van der Waals surface area (Å²) in [6.45, 7) is 0.686. The van der Waals surface area contributed by atoms with E-state index in [-0.39, 0.29) is 129 Å². The Bertz CT molecular complexity index is 3200. The van der Waals surface area contributed by atoms with Crippen LogP contribution in [0, 0.1) is 23.7 Å². The highest BCUT2D eigenvalue weighted by Gasteiger charge is 2.36. The Balaban J connectivity index is 1.43. The highest BCUT2D eigenvalue weighted by Crippen LogP contribution is 2.32. The van der Waals surface area contributed by atoms with Gasteiger partial charge in [-0.3, -0.25) is 81.9 Å². The zero-order valence-corrected chi connectivity index (χ0v) is 56.3. The molecule has 0 bridgehead atoms. The van der Waals surface area contributed by atoms with Crippen molar-refractivity contribution in [2.45, 2.75) is 153 Å². The Morgan fingerprint density at radius 2 is 0.851 bits per heavy atom. The third-order valence-corrected chi connectivity index (χ3v) is 17.9. The van der Waals surface area contributed by atoms with E-state index in [9.17, 15) is 118 Å². The normalized spacial score (nSPS) is 17.7. The van der Waals surface area contributed by atoms with Gasteiger partial charge in [-0.2, -0.15) is 0 Å². The number of urea groups is 1. The van der Waals surface area contributed by atoms with Crippen molar-refractivity contribution in [1.29, 1.82) is 0 Å². The quantitative estimate of drug-likeness (QED) is 0.0413. The Morgan fingerprint density at radius 1 is 0.416 bits per heavy atom. The summed E-state index contributed by atoms with van der Waals surface area (Å²) < 4.78 is 0. The number of carboxylic acid groups (broad SMARTS) is 9. The van der Waals surface area contributed by atoms with Crippen LogP contribution >= 0.6 is 0 Å². The Morgan fingerprint density at radius 3 is 1.33 bits per heavy atom. The van der Waals surface area contributed by atoms with Gasteiger partial charge in [0.15, 0.2) is 11.6 Å². The van der Waals surface area contributed by atoms with Gasteiger partial charge in [-0.25, -0.2) is 14.4 Å². The summed E-state index contributed by atoms with van der Waals surface area (Å²) >= 11 is 0. The minimum atomic E-state index is -1.64. The molecule has 2 aromatic carbocycles. The molecule has 0 radical (unpaired) electrons. The van der Waals surface area contributed by atoms with Crippen LogP contribution < -0.4 is 26.6 Å². The molecule has 6 atom stereocenters. The molecule has 1 saturated heterocycles. The molecule has 0 spiro atoms. The van der Waals surface area contributed by atoms with E-state index in [2.05, 4.69) is 21.3 Å². The van der Waals surface area contributed by atoms with Crippen molar-refractivity contribution in [2.24, 2.45) is 23.7 Å². The van der Waals surface area contributed by atoms with Gasteiger partial charge < -0.3 is 72.5 Å². The summed E-state index contributed by atoms with van der Waals surface area (Å²) in [6, 6.07) is 5.10. The third-order valence-electron chi connectivity index (χ3n) is 17.9. The number of aliphatic carboxylic acids is 9. The number of hydrogen-bond donors (Lipinski definition) is 14. The largest absolute Gasteiger partial charge is 0.481 e. The Hall–Kier alpha value is -9.54. The maximum absolute atomic E-state index is 14.5. The minimum Gasteiger partial charge on any atom is -0.481 e. The molecular weight excluding hydrogens is 1330 g/mol. The van der Waals surface area contributed by atoms with E-state index in [1.807, 2.05) is 28.4 Å². The third kappa shape index (κ3) is 33.5. The first kappa shape index (κ1) is 83.9. The van der Waals surface area contributed by atoms with Gasteiger partial charge >= 0.3 is 59.8 Å². The molecule has 34 heteroatoms. The predicted molar refractivity (Wildman–Crippen MR) is 355 cm³/mol. The van der Waals surface area contributed by atoms with Crippen LogP contribution in [-0.2, 0) is 78.3 Å². The number of benzene rings is 2. The van der Waals surface area contributed by atoms with Gasteiger partial charge in [-0.15, -0.1) is 0 Å². The van der Waals surface area contributed by atoms with Gasteiger partial charge in [-0.05, 0) is 106 Å². The second-order valence-corrected chi connectivity index (χ2v) is 25.7. The van der Waals surface area contributed by atoms with Crippen LogP contribution in [0.25, 0.3) is 10.8 Å². The summed E-state index contributed by atoms with van der Waals surface area (Å²) in [6.07, 6.45) is -3.79. The van der Waals surface area contributed by atoms with Crippen LogP contribution in [0.4, 0.5) is 4.79 Å². The fourth-order valence-corrected chi connectivity index (χ4v) is 12.2. The maximum atomic E-state index is 14.5. The molecule has 2 aliphatic rings. The molecular formula is C67H95N9O25.